The van der Waals surface area contributed by atoms with E-state index in [1.54, 1.807) is 26.0 Å². The van der Waals surface area contributed by atoms with E-state index in [-0.39, 0.29) is 29.3 Å². The first-order valence-corrected chi connectivity index (χ1v) is 7.10. The molecule has 0 bridgehead atoms. The molecule has 0 aliphatic carbocycles. The van der Waals surface area contributed by atoms with Gasteiger partial charge < -0.3 is 15.2 Å². The van der Waals surface area contributed by atoms with Gasteiger partial charge in [-0.25, -0.2) is 15.0 Å². The Morgan fingerprint density at radius 3 is 2.86 bits per heavy atom. The van der Waals surface area contributed by atoms with Crippen LogP contribution >= 0.6 is 11.6 Å². The molecule has 2 atom stereocenters. The average Bonchev–Trinajstić information content (AvgIpc) is 2.46. The van der Waals surface area contributed by atoms with Gasteiger partial charge in [0.15, 0.2) is 6.10 Å². The second-order valence-corrected chi connectivity index (χ2v) is 5.10. The first-order chi connectivity index (χ1) is 10.4. The van der Waals surface area contributed by atoms with Crippen LogP contribution in [0.1, 0.15) is 31.1 Å². The van der Waals surface area contributed by atoms with E-state index in [0.29, 0.717) is 11.3 Å². The summed E-state index contributed by atoms with van der Waals surface area (Å²) < 4.78 is 4.76. The number of ether oxygens (including phenoxy) is 1. The minimum Gasteiger partial charge on any atom is -0.464 e. The largest absolute Gasteiger partial charge is 0.464 e. The van der Waals surface area contributed by atoms with E-state index < -0.39 is 12.1 Å². The molecule has 0 saturated carbocycles. The predicted octanol–water partition coefficient (Wildman–Crippen LogP) is 1.34. The number of carbonyl (C=O) groups is 2. The lowest BCUT2D eigenvalue weighted by Gasteiger charge is -2.22. The number of halogens is 1. The lowest BCUT2D eigenvalue weighted by atomic mass is 10.0. The van der Waals surface area contributed by atoms with Crippen molar-refractivity contribution in [3.05, 3.63) is 34.3 Å². The van der Waals surface area contributed by atoms with Gasteiger partial charge in [0.1, 0.15) is 0 Å². The highest BCUT2D eigenvalue weighted by Gasteiger charge is 2.24. The maximum Gasteiger partial charge on any atom is 0.339 e. The van der Waals surface area contributed by atoms with Gasteiger partial charge in [-0.3, -0.25) is 0 Å². The van der Waals surface area contributed by atoms with Crippen molar-refractivity contribution in [2.45, 2.75) is 26.0 Å². The fourth-order valence-corrected chi connectivity index (χ4v) is 2.36. The summed E-state index contributed by atoms with van der Waals surface area (Å²) in [6.07, 6.45) is -1.44. The molecule has 0 radical (unpaired) electrons. The van der Waals surface area contributed by atoms with Gasteiger partial charge in [-0.1, -0.05) is 23.7 Å². The number of esters is 1. The van der Waals surface area contributed by atoms with E-state index in [9.17, 15) is 14.7 Å². The Bertz CT molecular complexity index is 633. The standard InChI is InChI=1S/C14H16ClN3O4/c1-3-22-13(20)12(19)9-5-4-8(6-10(9)15)11-7(2)16-14(21)18-17-11/h4-7,12,19H,3H2,1-2H3,(H2,16,18,21). The number of rotatable bonds is 4. The summed E-state index contributed by atoms with van der Waals surface area (Å²) in [6.45, 7) is 3.61. The summed E-state index contributed by atoms with van der Waals surface area (Å²) in [7, 11) is 0. The Balaban J connectivity index is 2.27. The van der Waals surface area contributed by atoms with Crippen LogP contribution in [-0.2, 0) is 9.53 Å². The van der Waals surface area contributed by atoms with E-state index in [2.05, 4.69) is 15.8 Å². The first-order valence-electron chi connectivity index (χ1n) is 6.72. The number of amides is 2. The molecule has 1 aliphatic rings. The third-order valence-electron chi connectivity index (χ3n) is 3.14. The molecule has 3 N–H and O–H groups in total. The molecule has 0 spiro atoms. The highest BCUT2D eigenvalue weighted by molar-refractivity contribution is 6.32. The second kappa shape index (κ2) is 6.76. The number of nitrogens with one attached hydrogen (secondary N) is 2. The van der Waals surface area contributed by atoms with Crippen LogP contribution in [-0.4, -0.2) is 35.5 Å². The van der Waals surface area contributed by atoms with Crippen LogP contribution in [0.4, 0.5) is 4.79 Å². The summed E-state index contributed by atoms with van der Waals surface area (Å²) in [6, 6.07) is 4.11. The van der Waals surface area contributed by atoms with Crippen molar-refractivity contribution in [2.24, 2.45) is 5.10 Å². The fraction of sp³-hybridized carbons (Fsp3) is 0.357. The molecule has 2 unspecified atom stereocenters. The molecular formula is C14H16ClN3O4. The lowest BCUT2D eigenvalue weighted by molar-refractivity contribution is -0.153. The normalized spacial score (nSPS) is 18.8. The molecular weight excluding hydrogens is 310 g/mol. The van der Waals surface area contributed by atoms with Crippen LogP contribution in [0.3, 0.4) is 0 Å². The van der Waals surface area contributed by atoms with Gasteiger partial charge in [-0.2, -0.15) is 5.10 Å². The maximum atomic E-state index is 11.6. The monoisotopic (exact) mass is 325 g/mol. The van der Waals surface area contributed by atoms with Crippen molar-refractivity contribution in [1.82, 2.24) is 10.7 Å². The first kappa shape index (κ1) is 16.3. The molecule has 1 aliphatic heterocycles. The summed E-state index contributed by atoms with van der Waals surface area (Å²) in [5.74, 6) is -0.755. The van der Waals surface area contributed by atoms with E-state index in [4.69, 9.17) is 16.3 Å². The van der Waals surface area contributed by atoms with Crippen LogP contribution in [0.5, 0.6) is 0 Å². The minimum atomic E-state index is -1.44. The number of aliphatic hydroxyl groups is 1. The average molecular weight is 326 g/mol. The number of hydrazone groups is 1. The van der Waals surface area contributed by atoms with Crippen molar-refractivity contribution in [3.63, 3.8) is 0 Å². The third kappa shape index (κ3) is 3.37. The van der Waals surface area contributed by atoms with Crippen LogP contribution in [0, 0.1) is 0 Å². The van der Waals surface area contributed by atoms with Gasteiger partial charge in [-0.15, -0.1) is 0 Å². The molecule has 2 amide bonds. The Labute approximate surface area is 132 Å². The van der Waals surface area contributed by atoms with E-state index in [1.165, 1.54) is 6.07 Å². The van der Waals surface area contributed by atoms with Crippen LogP contribution in [0.15, 0.2) is 23.3 Å². The minimum absolute atomic E-state index is 0.172. The van der Waals surface area contributed by atoms with Crippen molar-refractivity contribution in [1.29, 1.82) is 0 Å². The summed E-state index contributed by atoms with van der Waals surface area (Å²) in [5, 5.41) is 16.8. The number of hydrogen-bond acceptors (Lipinski definition) is 5. The summed E-state index contributed by atoms with van der Waals surface area (Å²) in [5.41, 5.74) is 3.85. The van der Waals surface area contributed by atoms with Crippen LogP contribution in [0.25, 0.3) is 0 Å². The van der Waals surface area contributed by atoms with Crippen LogP contribution < -0.4 is 10.7 Å². The highest BCUT2D eigenvalue weighted by atomic mass is 35.5. The number of hydrogen-bond donors (Lipinski definition) is 3. The van der Waals surface area contributed by atoms with Crippen molar-refractivity contribution < 1.29 is 19.4 Å². The zero-order valence-electron chi connectivity index (χ0n) is 12.1. The zero-order valence-corrected chi connectivity index (χ0v) is 12.8. The number of benzene rings is 1. The molecule has 0 fully saturated rings. The lowest BCUT2D eigenvalue weighted by Crippen LogP contribution is -2.48. The second-order valence-electron chi connectivity index (χ2n) is 4.69. The molecule has 1 heterocycles. The van der Waals surface area contributed by atoms with Gasteiger partial charge in [0.05, 0.1) is 18.4 Å². The number of aliphatic hydroxyl groups excluding tert-OH is 1. The SMILES string of the molecule is CCOC(=O)C(O)c1ccc(C2=NNC(=O)NC2C)cc1Cl. The van der Waals surface area contributed by atoms with Crippen molar-refractivity contribution in [3.8, 4) is 0 Å². The molecule has 1 aromatic carbocycles. The van der Waals surface area contributed by atoms with Crippen molar-refractivity contribution in [2.75, 3.05) is 6.61 Å². The third-order valence-corrected chi connectivity index (χ3v) is 3.46. The molecule has 0 aromatic heterocycles. The van der Waals surface area contributed by atoms with E-state index >= 15 is 0 Å². The number of nitrogens with zero attached hydrogens (tertiary/aromatic N) is 1. The number of carbonyl (C=O) groups excluding carboxylic acids is 2. The van der Waals surface area contributed by atoms with Gasteiger partial charge in [0.25, 0.3) is 0 Å². The van der Waals surface area contributed by atoms with E-state index in [1.807, 2.05) is 0 Å². The van der Waals surface area contributed by atoms with Gasteiger partial charge in [0.2, 0.25) is 0 Å². The number of urea groups is 1. The van der Waals surface area contributed by atoms with Gasteiger partial charge in [-0.05, 0) is 19.9 Å². The summed E-state index contributed by atoms with van der Waals surface area (Å²) in [4.78, 5) is 22.7. The molecule has 2 rings (SSSR count). The molecule has 1 aromatic rings. The molecule has 118 valence electrons. The Hall–Kier alpha value is -2.12. The van der Waals surface area contributed by atoms with Gasteiger partial charge in [0, 0.05) is 16.1 Å². The van der Waals surface area contributed by atoms with E-state index in [0.717, 1.165) is 0 Å². The highest BCUT2D eigenvalue weighted by Crippen LogP contribution is 2.26. The molecule has 8 heteroatoms. The Kier molecular flexibility index (Phi) is 4.99. The topological polar surface area (TPSA) is 100 Å². The smallest absolute Gasteiger partial charge is 0.339 e. The van der Waals surface area contributed by atoms with Crippen LogP contribution in [0.2, 0.25) is 5.02 Å². The fourth-order valence-electron chi connectivity index (χ4n) is 2.08. The molecule has 0 saturated heterocycles. The maximum absolute atomic E-state index is 11.6. The van der Waals surface area contributed by atoms with Crippen molar-refractivity contribution >= 4 is 29.3 Å². The Morgan fingerprint density at radius 2 is 2.27 bits per heavy atom. The Morgan fingerprint density at radius 1 is 1.55 bits per heavy atom. The quantitative estimate of drug-likeness (QED) is 0.727. The zero-order chi connectivity index (χ0) is 16.3. The summed E-state index contributed by atoms with van der Waals surface area (Å²) >= 11 is 6.13. The molecule has 22 heavy (non-hydrogen) atoms. The molecule has 7 nitrogen and oxygen atoms in total. The van der Waals surface area contributed by atoms with Gasteiger partial charge >= 0.3 is 12.0 Å². The predicted molar refractivity (Wildman–Crippen MR) is 80.7 cm³/mol.